The van der Waals surface area contributed by atoms with Gasteiger partial charge < -0.3 is 23.7 Å². The molecule has 2 amide bonds. The second kappa shape index (κ2) is 10.6. The summed E-state index contributed by atoms with van der Waals surface area (Å²) in [6.07, 6.45) is 6.22. The standard InChI is InChI=1S/C25H27N5O5/c31-24(5-8-30(17-20-2-1-13-33-20)25(32)21-15-26-6-7-27-21)29-11-9-28(10-12-29)16-19-3-4-22-23(14-19)35-18-34-22/h1-4,6-7,13-15H,5,8-12,16-18H2. The maximum absolute atomic E-state index is 13.0. The van der Waals surface area contributed by atoms with E-state index < -0.39 is 0 Å². The second-order valence-corrected chi connectivity index (χ2v) is 8.49. The summed E-state index contributed by atoms with van der Waals surface area (Å²) in [5.41, 5.74) is 1.40. The molecule has 0 saturated carbocycles. The van der Waals surface area contributed by atoms with Crippen molar-refractivity contribution >= 4 is 11.8 Å². The number of carbonyl (C=O) groups is 2. The predicted molar refractivity (Wildman–Crippen MR) is 125 cm³/mol. The Bertz CT molecular complexity index is 1150. The lowest BCUT2D eigenvalue weighted by molar-refractivity contribution is -0.133. The van der Waals surface area contributed by atoms with Gasteiger partial charge in [-0.1, -0.05) is 6.07 Å². The molecule has 0 spiro atoms. The van der Waals surface area contributed by atoms with E-state index in [1.165, 1.54) is 18.6 Å². The first-order valence-electron chi connectivity index (χ1n) is 11.6. The smallest absolute Gasteiger partial charge is 0.274 e. The summed E-state index contributed by atoms with van der Waals surface area (Å²) < 4.78 is 16.3. The van der Waals surface area contributed by atoms with Crippen LogP contribution in [0.3, 0.4) is 0 Å². The summed E-state index contributed by atoms with van der Waals surface area (Å²) >= 11 is 0. The molecule has 35 heavy (non-hydrogen) atoms. The maximum atomic E-state index is 13.0. The van der Waals surface area contributed by atoms with Crippen LogP contribution in [-0.2, 0) is 17.9 Å². The fourth-order valence-corrected chi connectivity index (χ4v) is 4.26. The average Bonchev–Trinajstić information content (AvgIpc) is 3.59. The van der Waals surface area contributed by atoms with E-state index in [1.54, 1.807) is 23.3 Å². The van der Waals surface area contributed by atoms with Crippen molar-refractivity contribution in [3.8, 4) is 11.5 Å². The molecule has 1 saturated heterocycles. The Morgan fingerprint density at radius 3 is 2.66 bits per heavy atom. The molecule has 1 fully saturated rings. The molecular formula is C25H27N5O5. The maximum Gasteiger partial charge on any atom is 0.274 e. The first-order chi connectivity index (χ1) is 17.2. The van der Waals surface area contributed by atoms with E-state index >= 15 is 0 Å². The number of carbonyl (C=O) groups excluding carboxylic acids is 2. The average molecular weight is 478 g/mol. The number of hydrogen-bond donors (Lipinski definition) is 0. The van der Waals surface area contributed by atoms with Crippen LogP contribution in [0.1, 0.15) is 28.2 Å². The minimum Gasteiger partial charge on any atom is -0.467 e. The van der Waals surface area contributed by atoms with E-state index in [0.717, 1.165) is 36.7 Å². The van der Waals surface area contributed by atoms with Gasteiger partial charge in [-0.2, -0.15) is 0 Å². The van der Waals surface area contributed by atoms with Gasteiger partial charge in [0.15, 0.2) is 11.5 Å². The topological polar surface area (TPSA) is 101 Å². The lowest BCUT2D eigenvalue weighted by atomic mass is 10.1. The van der Waals surface area contributed by atoms with E-state index in [-0.39, 0.29) is 43.8 Å². The monoisotopic (exact) mass is 477 g/mol. The minimum atomic E-state index is -0.282. The number of furan rings is 1. The number of fused-ring (bicyclic) bond motifs is 1. The highest BCUT2D eigenvalue weighted by atomic mass is 16.7. The van der Waals surface area contributed by atoms with Crippen LogP contribution in [0, 0.1) is 0 Å². The molecule has 10 heteroatoms. The largest absolute Gasteiger partial charge is 0.467 e. The van der Waals surface area contributed by atoms with Crippen molar-refractivity contribution in [1.82, 2.24) is 24.7 Å². The highest BCUT2D eigenvalue weighted by Gasteiger charge is 2.24. The first-order valence-corrected chi connectivity index (χ1v) is 11.6. The summed E-state index contributed by atoms with van der Waals surface area (Å²) in [6, 6.07) is 9.58. The molecule has 3 aromatic rings. The van der Waals surface area contributed by atoms with Gasteiger partial charge in [-0.25, -0.2) is 4.98 Å². The van der Waals surface area contributed by atoms with Crippen molar-refractivity contribution in [3.05, 3.63) is 72.2 Å². The zero-order valence-corrected chi connectivity index (χ0v) is 19.3. The number of piperazine rings is 1. The predicted octanol–water partition coefficient (Wildman–Crippen LogP) is 2.18. The fraction of sp³-hybridized carbons (Fsp3) is 0.360. The van der Waals surface area contributed by atoms with Crippen molar-refractivity contribution in [2.24, 2.45) is 0 Å². The van der Waals surface area contributed by atoms with Gasteiger partial charge in [0.1, 0.15) is 11.5 Å². The normalized spacial score (nSPS) is 15.3. The van der Waals surface area contributed by atoms with Crippen LogP contribution in [0.2, 0.25) is 0 Å². The zero-order chi connectivity index (χ0) is 24.0. The van der Waals surface area contributed by atoms with E-state index in [2.05, 4.69) is 14.9 Å². The summed E-state index contributed by atoms with van der Waals surface area (Å²) in [4.78, 5) is 39.8. The molecule has 0 radical (unpaired) electrons. The van der Waals surface area contributed by atoms with Crippen LogP contribution in [0.5, 0.6) is 11.5 Å². The van der Waals surface area contributed by atoms with Crippen molar-refractivity contribution < 1.29 is 23.5 Å². The molecule has 0 bridgehead atoms. The molecule has 0 aliphatic carbocycles. The number of ether oxygens (including phenoxy) is 2. The van der Waals surface area contributed by atoms with Gasteiger partial charge in [-0.05, 0) is 29.8 Å². The van der Waals surface area contributed by atoms with E-state index in [4.69, 9.17) is 13.9 Å². The van der Waals surface area contributed by atoms with Crippen LogP contribution in [0.4, 0.5) is 0 Å². The highest BCUT2D eigenvalue weighted by molar-refractivity contribution is 5.92. The molecule has 182 valence electrons. The number of rotatable bonds is 8. The van der Waals surface area contributed by atoms with Crippen molar-refractivity contribution in [2.45, 2.75) is 19.5 Å². The number of hydrogen-bond acceptors (Lipinski definition) is 8. The third-order valence-corrected chi connectivity index (χ3v) is 6.16. The van der Waals surface area contributed by atoms with Gasteiger partial charge in [-0.3, -0.25) is 19.5 Å². The van der Waals surface area contributed by atoms with Gasteiger partial charge in [-0.15, -0.1) is 0 Å². The summed E-state index contributed by atoms with van der Waals surface area (Å²) in [5, 5.41) is 0. The molecule has 0 N–H and O–H groups in total. The molecule has 5 rings (SSSR count). The molecule has 4 heterocycles. The fourth-order valence-electron chi connectivity index (χ4n) is 4.26. The molecule has 1 aromatic carbocycles. The van der Waals surface area contributed by atoms with Gasteiger partial charge in [0, 0.05) is 58.1 Å². The summed E-state index contributed by atoms with van der Waals surface area (Å²) in [7, 11) is 0. The molecule has 2 aliphatic rings. The van der Waals surface area contributed by atoms with Crippen LogP contribution >= 0.6 is 0 Å². The Kier molecular flexibility index (Phi) is 6.89. The van der Waals surface area contributed by atoms with Gasteiger partial charge in [0.2, 0.25) is 12.7 Å². The van der Waals surface area contributed by atoms with Crippen LogP contribution in [0.25, 0.3) is 0 Å². The Labute approximate surface area is 203 Å². The lowest BCUT2D eigenvalue weighted by Gasteiger charge is -2.35. The van der Waals surface area contributed by atoms with Gasteiger partial charge >= 0.3 is 0 Å². The Balaban J connectivity index is 1.13. The van der Waals surface area contributed by atoms with E-state index in [9.17, 15) is 9.59 Å². The zero-order valence-electron chi connectivity index (χ0n) is 19.3. The van der Waals surface area contributed by atoms with Crippen LogP contribution in [-0.4, -0.2) is 76.0 Å². The number of aromatic nitrogens is 2. The highest BCUT2D eigenvalue weighted by Crippen LogP contribution is 2.32. The quantitative estimate of drug-likeness (QED) is 0.487. The van der Waals surface area contributed by atoms with Gasteiger partial charge in [0.05, 0.1) is 19.0 Å². The van der Waals surface area contributed by atoms with E-state index in [1.807, 2.05) is 23.1 Å². The van der Waals surface area contributed by atoms with Crippen molar-refractivity contribution in [1.29, 1.82) is 0 Å². The molecule has 0 atom stereocenters. The van der Waals surface area contributed by atoms with Crippen LogP contribution < -0.4 is 9.47 Å². The molecule has 10 nitrogen and oxygen atoms in total. The summed E-state index contributed by atoms with van der Waals surface area (Å²) in [6.45, 7) is 4.47. The number of benzene rings is 1. The molecule has 2 aliphatic heterocycles. The third kappa shape index (κ3) is 5.60. The number of nitrogens with zero attached hydrogens (tertiary/aromatic N) is 5. The Morgan fingerprint density at radius 2 is 1.89 bits per heavy atom. The third-order valence-electron chi connectivity index (χ3n) is 6.16. The molecule has 2 aromatic heterocycles. The first kappa shape index (κ1) is 22.9. The molecular weight excluding hydrogens is 450 g/mol. The number of amides is 2. The Hall–Kier alpha value is -3.92. The summed E-state index contributed by atoms with van der Waals surface area (Å²) in [5.74, 6) is 1.96. The Morgan fingerprint density at radius 1 is 1.03 bits per heavy atom. The van der Waals surface area contributed by atoms with Crippen molar-refractivity contribution in [2.75, 3.05) is 39.5 Å². The van der Waals surface area contributed by atoms with E-state index in [0.29, 0.717) is 18.8 Å². The minimum absolute atomic E-state index is 0.0316. The van der Waals surface area contributed by atoms with Crippen molar-refractivity contribution in [3.63, 3.8) is 0 Å². The van der Waals surface area contributed by atoms with Crippen LogP contribution in [0.15, 0.2) is 59.6 Å². The lowest BCUT2D eigenvalue weighted by Crippen LogP contribution is -2.49. The van der Waals surface area contributed by atoms with Gasteiger partial charge in [0.25, 0.3) is 5.91 Å². The molecule has 0 unspecified atom stereocenters. The SMILES string of the molecule is O=C(CCN(Cc1ccco1)C(=O)c1cnccn1)N1CCN(Cc2ccc3c(c2)OCO3)CC1. The second-order valence-electron chi connectivity index (χ2n) is 8.49.